The minimum Gasteiger partial charge on any atom is -0.497 e. The minimum atomic E-state index is 0.0817. The second-order valence-corrected chi connectivity index (χ2v) is 9.11. The van der Waals surface area contributed by atoms with Crippen molar-refractivity contribution in [1.29, 1.82) is 0 Å². The molecule has 2 heterocycles. The van der Waals surface area contributed by atoms with Crippen molar-refractivity contribution in [3.63, 3.8) is 0 Å². The predicted octanol–water partition coefficient (Wildman–Crippen LogP) is 5.81. The minimum absolute atomic E-state index is 0.0817. The van der Waals surface area contributed by atoms with Gasteiger partial charge in [0.25, 0.3) is 0 Å². The second-order valence-electron chi connectivity index (χ2n) is 6.93. The third-order valence-corrected chi connectivity index (χ3v) is 6.90. The summed E-state index contributed by atoms with van der Waals surface area (Å²) in [7, 11) is 1.66. The predicted molar refractivity (Wildman–Crippen MR) is 128 cm³/mol. The molecule has 0 radical (unpaired) electrons. The van der Waals surface area contributed by atoms with Crippen LogP contribution < -0.4 is 9.64 Å². The number of fused-ring (bicyclic) bond motifs is 1. The van der Waals surface area contributed by atoms with Crippen LogP contribution in [0.1, 0.15) is 18.4 Å². The number of carbonyl (C=O) groups excluding carboxylic acids is 1. The molecular formula is C24H23N3O2S2. The van der Waals surface area contributed by atoms with Crippen LogP contribution in [0.2, 0.25) is 0 Å². The van der Waals surface area contributed by atoms with Gasteiger partial charge in [-0.05, 0) is 60.2 Å². The van der Waals surface area contributed by atoms with Crippen LogP contribution in [0.5, 0.6) is 5.75 Å². The molecule has 2 aromatic heterocycles. The van der Waals surface area contributed by atoms with Crippen LogP contribution in [0, 0.1) is 0 Å². The van der Waals surface area contributed by atoms with Crippen molar-refractivity contribution in [3.05, 3.63) is 78.6 Å². The first-order chi connectivity index (χ1) is 15.2. The summed E-state index contributed by atoms with van der Waals surface area (Å²) >= 11 is 3.30. The van der Waals surface area contributed by atoms with Gasteiger partial charge >= 0.3 is 0 Å². The van der Waals surface area contributed by atoms with E-state index >= 15 is 0 Å². The average Bonchev–Trinajstić information content (AvgIpc) is 3.25. The van der Waals surface area contributed by atoms with Gasteiger partial charge in [-0.25, -0.2) is 4.98 Å². The summed E-state index contributed by atoms with van der Waals surface area (Å²) in [4.78, 5) is 25.0. The first kappa shape index (κ1) is 21.3. The van der Waals surface area contributed by atoms with Gasteiger partial charge in [-0.2, -0.15) is 0 Å². The maximum Gasteiger partial charge on any atom is 0.229 e. The van der Waals surface area contributed by atoms with Crippen LogP contribution >= 0.6 is 23.1 Å². The Morgan fingerprint density at radius 3 is 2.68 bits per heavy atom. The maximum absolute atomic E-state index is 13.2. The Morgan fingerprint density at radius 2 is 1.94 bits per heavy atom. The molecular weight excluding hydrogens is 426 g/mol. The highest BCUT2D eigenvalue weighted by Crippen LogP contribution is 2.30. The zero-order valence-corrected chi connectivity index (χ0v) is 18.9. The van der Waals surface area contributed by atoms with Gasteiger partial charge in [0.05, 0.1) is 23.9 Å². The van der Waals surface area contributed by atoms with Crippen molar-refractivity contribution in [2.75, 3.05) is 17.8 Å². The molecule has 0 aliphatic heterocycles. The molecule has 158 valence electrons. The molecule has 4 aromatic rings. The van der Waals surface area contributed by atoms with Gasteiger partial charge in [0.15, 0.2) is 5.13 Å². The fraction of sp³-hybridized carbons (Fsp3) is 0.208. The van der Waals surface area contributed by atoms with Crippen molar-refractivity contribution in [2.45, 2.75) is 24.3 Å². The largest absolute Gasteiger partial charge is 0.497 e. The molecule has 0 unspecified atom stereocenters. The molecule has 0 fully saturated rings. The van der Waals surface area contributed by atoms with E-state index in [9.17, 15) is 4.79 Å². The summed E-state index contributed by atoms with van der Waals surface area (Å²) in [6.45, 7) is 0.470. The van der Waals surface area contributed by atoms with Crippen molar-refractivity contribution in [2.24, 2.45) is 0 Å². The lowest BCUT2D eigenvalue weighted by molar-refractivity contribution is -0.118. The number of para-hydroxylation sites is 1. The van der Waals surface area contributed by atoms with Crippen LogP contribution in [-0.4, -0.2) is 28.7 Å². The molecule has 0 aliphatic rings. The fourth-order valence-electron chi connectivity index (χ4n) is 3.13. The van der Waals surface area contributed by atoms with Crippen LogP contribution in [0.4, 0.5) is 5.13 Å². The number of hydrogen-bond acceptors (Lipinski definition) is 6. The Balaban J connectivity index is 1.42. The smallest absolute Gasteiger partial charge is 0.229 e. The third-order valence-electron chi connectivity index (χ3n) is 4.74. The molecule has 0 atom stereocenters. The Labute approximate surface area is 190 Å². The number of aromatic nitrogens is 2. The second kappa shape index (κ2) is 10.4. The lowest BCUT2D eigenvalue weighted by Gasteiger charge is -2.20. The highest BCUT2D eigenvalue weighted by atomic mass is 32.2. The van der Waals surface area contributed by atoms with Crippen molar-refractivity contribution in [1.82, 2.24) is 9.97 Å². The zero-order valence-electron chi connectivity index (χ0n) is 17.2. The normalized spacial score (nSPS) is 10.9. The Kier molecular flexibility index (Phi) is 7.17. The number of rotatable bonds is 9. The molecule has 0 saturated heterocycles. The Morgan fingerprint density at radius 1 is 1.10 bits per heavy atom. The van der Waals surface area contributed by atoms with E-state index in [4.69, 9.17) is 9.72 Å². The molecule has 7 heteroatoms. The Hall–Kier alpha value is -2.90. The van der Waals surface area contributed by atoms with Crippen molar-refractivity contribution in [3.8, 4) is 5.75 Å². The standard InChI is InChI=1S/C24H23N3O2S2/c1-29-19-10-12-20(13-11-19)30-15-5-9-23(28)27(17-18-6-4-14-25-16-18)24-26-21-7-2-3-8-22(21)31-24/h2-4,6-8,10-14,16H,5,9,15,17H2,1H3. The van der Waals surface area contributed by atoms with Gasteiger partial charge in [0.2, 0.25) is 5.91 Å². The number of thiazole rings is 1. The molecule has 0 aliphatic carbocycles. The quantitative estimate of drug-likeness (QED) is 0.239. The highest BCUT2D eigenvalue weighted by molar-refractivity contribution is 7.99. The van der Waals surface area contributed by atoms with Gasteiger partial charge < -0.3 is 4.74 Å². The van der Waals surface area contributed by atoms with E-state index in [2.05, 4.69) is 4.98 Å². The maximum atomic E-state index is 13.2. The summed E-state index contributed by atoms with van der Waals surface area (Å²) in [5, 5.41) is 0.734. The van der Waals surface area contributed by atoms with Crippen LogP contribution in [0.3, 0.4) is 0 Å². The highest BCUT2D eigenvalue weighted by Gasteiger charge is 2.20. The number of hydrogen-bond donors (Lipinski definition) is 0. The first-order valence-corrected chi connectivity index (χ1v) is 11.8. The van der Waals surface area contributed by atoms with E-state index in [1.807, 2.05) is 60.7 Å². The molecule has 2 aromatic carbocycles. The average molecular weight is 450 g/mol. The first-order valence-electron chi connectivity index (χ1n) is 10.0. The molecule has 0 bridgehead atoms. The monoisotopic (exact) mass is 449 g/mol. The topological polar surface area (TPSA) is 55.3 Å². The number of amides is 1. The van der Waals surface area contributed by atoms with E-state index in [-0.39, 0.29) is 5.91 Å². The van der Waals surface area contributed by atoms with Gasteiger partial charge in [-0.15, -0.1) is 11.8 Å². The molecule has 0 spiro atoms. The van der Waals surface area contributed by atoms with E-state index in [1.54, 1.807) is 47.5 Å². The lowest BCUT2D eigenvalue weighted by Crippen LogP contribution is -2.30. The molecule has 4 rings (SSSR count). The molecule has 0 N–H and O–H groups in total. The Bertz CT molecular complexity index is 1100. The van der Waals surface area contributed by atoms with E-state index in [0.717, 1.165) is 38.8 Å². The molecule has 31 heavy (non-hydrogen) atoms. The molecule has 1 amide bonds. The van der Waals surface area contributed by atoms with Gasteiger partial charge in [-0.1, -0.05) is 29.5 Å². The van der Waals surface area contributed by atoms with Crippen molar-refractivity contribution >= 4 is 44.4 Å². The number of methoxy groups -OCH3 is 1. The molecule has 0 saturated carbocycles. The number of ether oxygens (including phenoxy) is 1. The number of thioether (sulfide) groups is 1. The van der Waals surface area contributed by atoms with E-state index in [0.29, 0.717) is 13.0 Å². The SMILES string of the molecule is COc1ccc(SCCCC(=O)N(Cc2cccnc2)c2nc3ccccc3s2)cc1. The zero-order chi connectivity index (χ0) is 21.5. The summed E-state index contributed by atoms with van der Waals surface area (Å²) in [5.41, 5.74) is 1.91. The summed E-state index contributed by atoms with van der Waals surface area (Å²) in [6.07, 6.45) is 4.81. The number of carbonyl (C=O) groups is 1. The van der Waals surface area contributed by atoms with E-state index in [1.165, 1.54) is 4.90 Å². The van der Waals surface area contributed by atoms with Gasteiger partial charge in [0, 0.05) is 23.7 Å². The number of nitrogens with zero attached hydrogens (tertiary/aromatic N) is 3. The third kappa shape index (κ3) is 5.62. The molecule has 5 nitrogen and oxygen atoms in total. The van der Waals surface area contributed by atoms with Crippen LogP contribution in [-0.2, 0) is 11.3 Å². The van der Waals surface area contributed by atoms with Crippen molar-refractivity contribution < 1.29 is 9.53 Å². The van der Waals surface area contributed by atoms with Gasteiger partial charge in [0.1, 0.15) is 5.75 Å². The fourth-order valence-corrected chi connectivity index (χ4v) is 4.97. The summed E-state index contributed by atoms with van der Waals surface area (Å²) < 4.78 is 6.28. The number of pyridine rings is 1. The van der Waals surface area contributed by atoms with Crippen LogP contribution in [0.15, 0.2) is 78.0 Å². The lowest BCUT2D eigenvalue weighted by atomic mass is 10.2. The van der Waals surface area contributed by atoms with Gasteiger partial charge in [-0.3, -0.25) is 14.7 Å². The van der Waals surface area contributed by atoms with E-state index < -0.39 is 0 Å². The summed E-state index contributed by atoms with van der Waals surface area (Å²) in [5.74, 6) is 1.80. The number of anilines is 1. The van der Waals surface area contributed by atoms with Crippen LogP contribution in [0.25, 0.3) is 10.2 Å². The summed E-state index contributed by atoms with van der Waals surface area (Å²) in [6, 6.07) is 19.8. The number of benzene rings is 2.